The molecule has 106 valence electrons. The van der Waals surface area contributed by atoms with Crippen molar-refractivity contribution < 1.29 is 4.79 Å². The normalized spacial score (nSPS) is 12.6. The summed E-state index contributed by atoms with van der Waals surface area (Å²) in [5, 5.41) is 3.52. The van der Waals surface area contributed by atoms with E-state index in [1.807, 2.05) is 6.07 Å². The maximum atomic E-state index is 10.9. The summed E-state index contributed by atoms with van der Waals surface area (Å²) in [6.45, 7) is 7.74. The lowest BCUT2D eigenvalue weighted by Gasteiger charge is -2.14. The number of aryl methyl sites for hydroxylation is 1. The van der Waals surface area contributed by atoms with Crippen molar-refractivity contribution in [2.45, 2.75) is 46.1 Å². The second-order valence-corrected chi connectivity index (χ2v) is 5.49. The quantitative estimate of drug-likeness (QED) is 0.755. The lowest BCUT2D eigenvalue weighted by Crippen LogP contribution is -2.28. The van der Waals surface area contributed by atoms with Crippen molar-refractivity contribution in [3.63, 3.8) is 0 Å². The van der Waals surface area contributed by atoms with Crippen molar-refractivity contribution >= 4 is 5.91 Å². The van der Waals surface area contributed by atoms with Gasteiger partial charge in [0, 0.05) is 12.2 Å². The first-order valence-corrected chi connectivity index (χ1v) is 6.97. The molecule has 0 saturated heterocycles. The van der Waals surface area contributed by atoms with Crippen molar-refractivity contribution in [2.24, 2.45) is 11.7 Å². The molecule has 1 amide bonds. The molecule has 1 aromatic rings. The van der Waals surface area contributed by atoms with Gasteiger partial charge in [0.1, 0.15) is 5.69 Å². The number of nitrogens with two attached hydrogens (primary N) is 1. The minimum atomic E-state index is -0.477. The van der Waals surface area contributed by atoms with E-state index in [1.165, 1.54) is 6.42 Å². The van der Waals surface area contributed by atoms with E-state index in [-0.39, 0.29) is 0 Å². The van der Waals surface area contributed by atoms with Crippen LogP contribution in [0.1, 0.15) is 49.7 Å². The molecule has 0 aliphatic heterocycles. The van der Waals surface area contributed by atoms with Crippen LogP contribution in [0.5, 0.6) is 0 Å². The Hall–Kier alpha value is -1.42. The molecule has 1 heterocycles. The first-order chi connectivity index (χ1) is 8.99. The third kappa shape index (κ3) is 6.34. The standard InChI is InChI=1S/C15H25N3O/c1-11(2)8-9-17-12(3)4-5-13-6-7-14(15(16)19)18-10-13/h6-7,10-12,17H,4-5,8-9H2,1-3H3,(H2,16,19). The zero-order valence-electron chi connectivity index (χ0n) is 12.1. The van der Waals surface area contributed by atoms with Crippen molar-refractivity contribution in [3.05, 3.63) is 29.6 Å². The smallest absolute Gasteiger partial charge is 0.267 e. The number of nitrogens with one attached hydrogen (secondary N) is 1. The SMILES string of the molecule is CC(C)CCNC(C)CCc1ccc(C(N)=O)nc1. The Labute approximate surface area is 115 Å². The van der Waals surface area contributed by atoms with E-state index in [1.54, 1.807) is 12.3 Å². The molecule has 1 aromatic heterocycles. The van der Waals surface area contributed by atoms with Gasteiger partial charge in [0.05, 0.1) is 0 Å². The molecule has 0 aromatic carbocycles. The molecule has 4 heteroatoms. The summed E-state index contributed by atoms with van der Waals surface area (Å²) in [5.74, 6) is 0.264. The van der Waals surface area contributed by atoms with E-state index in [0.29, 0.717) is 11.7 Å². The highest BCUT2D eigenvalue weighted by molar-refractivity contribution is 5.90. The number of carbonyl (C=O) groups is 1. The van der Waals surface area contributed by atoms with Crippen LogP contribution in [0.4, 0.5) is 0 Å². The molecule has 4 nitrogen and oxygen atoms in total. The average Bonchev–Trinajstić information content (AvgIpc) is 2.36. The number of aromatic nitrogens is 1. The Morgan fingerprint density at radius 1 is 1.32 bits per heavy atom. The lowest BCUT2D eigenvalue weighted by molar-refractivity contribution is 0.0995. The van der Waals surface area contributed by atoms with Gasteiger partial charge in [-0.2, -0.15) is 0 Å². The molecule has 1 unspecified atom stereocenters. The van der Waals surface area contributed by atoms with E-state index < -0.39 is 5.91 Å². The number of pyridine rings is 1. The number of carbonyl (C=O) groups excluding carboxylic acids is 1. The minimum absolute atomic E-state index is 0.326. The predicted octanol–water partition coefficient (Wildman–Crippen LogP) is 2.14. The molecular weight excluding hydrogens is 238 g/mol. The fourth-order valence-electron chi connectivity index (χ4n) is 1.82. The number of rotatable bonds is 8. The maximum Gasteiger partial charge on any atom is 0.267 e. The topological polar surface area (TPSA) is 68.0 Å². The monoisotopic (exact) mass is 263 g/mol. The van der Waals surface area contributed by atoms with Gasteiger partial charge in [0.25, 0.3) is 5.91 Å². The first-order valence-electron chi connectivity index (χ1n) is 6.97. The maximum absolute atomic E-state index is 10.9. The zero-order valence-corrected chi connectivity index (χ0v) is 12.1. The first kappa shape index (κ1) is 15.6. The highest BCUT2D eigenvalue weighted by atomic mass is 16.1. The van der Waals surface area contributed by atoms with Crippen LogP contribution in [0.3, 0.4) is 0 Å². The highest BCUT2D eigenvalue weighted by Crippen LogP contribution is 2.06. The Balaban J connectivity index is 2.29. The van der Waals surface area contributed by atoms with Crippen LogP contribution >= 0.6 is 0 Å². The van der Waals surface area contributed by atoms with Crippen molar-refractivity contribution in [1.82, 2.24) is 10.3 Å². The Morgan fingerprint density at radius 2 is 2.05 bits per heavy atom. The summed E-state index contributed by atoms with van der Waals surface area (Å²) in [6.07, 6.45) is 4.97. The fourth-order valence-corrected chi connectivity index (χ4v) is 1.82. The summed E-state index contributed by atoms with van der Waals surface area (Å²) >= 11 is 0. The fraction of sp³-hybridized carbons (Fsp3) is 0.600. The molecule has 0 saturated carbocycles. The van der Waals surface area contributed by atoms with Crippen LogP contribution in [0.2, 0.25) is 0 Å². The van der Waals surface area contributed by atoms with Crippen LogP contribution in [0, 0.1) is 5.92 Å². The van der Waals surface area contributed by atoms with Crippen LogP contribution < -0.4 is 11.1 Å². The molecule has 1 rings (SSSR count). The van der Waals surface area contributed by atoms with Gasteiger partial charge in [0.2, 0.25) is 0 Å². The van der Waals surface area contributed by atoms with Crippen molar-refractivity contribution in [3.8, 4) is 0 Å². The molecule has 0 spiro atoms. The summed E-state index contributed by atoms with van der Waals surface area (Å²) in [6, 6.07) is 4.11. The zero-order chi connectivity index (χ0) is 14.3. The number of nitrogens with zero attached hydrogens (tertiary/aromatic N) is 1. The number of amides is 1. The molecule has 1 atom stereocenters. The minimum Gasteiger partial charge on any atom is -0.364 e. The van der Waals surface area contributed by atoms with E-state index in [4.69, 9.17) is 5.73 Å². The average molecular weight is 263 g/mol. The Morgan fingerprint density at radius 3 is 2.58 bits per heavy atom. The highest BCUT2D eigenvalue weighted by Gasteiger charge is 2.05. The van der Waals surface area contributed by atoms with Gasteiger partial charge >= 0.3 is 0 Å². The molecule has 0 aliphatic carbocycles. The van der Waals surface area contributed by atoms with Gasteiger partial charge in [-0.25, -0.2) is 0 Å². The molecule has 0 bridgehead atoms. The summed E-state index contributed by atoms with van der Waals surface area (Å²) in [5.41, 5.74) is 6.62. The van der Waals surface area contributed by atoms with Crippen molar-refractivity contribution in [1.29, 1.82) is 0 Å². The number of primary amides is 1. The Kier molecular flexibility index (Phi) is 6.50. The summed E-state index contributed by atoms with van der Waals surface area (Å²) < 4.78 is 0. The molecule has 0 radical (unpaired) electrons. The van der Waals surface area contributed by atoms with Gasteiger partial charge in [-0.3, -0.25) is 9.78 Å². The number of hydrogen-bond donors (Lipinski definition) is 2. The molecule has 0 aliphatic rings. The van der Waals surface area contributed by atoms with E-state index in [9.17, 15) is 4.79 Å². The molecule has 3 N–H and O–H groups in total. The second-order valence-electron chi connectivity index (χ2n) is 5.49. The molecular formula is C15H25N3O. The Bertz CT molecular complexity index is 387. The van der Waals surface area contributed by atoms with E-state index >= 15 is 0 Å². The van der Waals surface area contributed by atoms with Crippen LogP contribution in [-0.2, 0) is 6.42 Å². The van der Waals surface area contributed by atoms with Gasteiger partial charge < -0.3 is 11.1 Å². The van der Waals surface area contributed by atoms with E-state index in [0.717, 1.165) is 30.9 Å². The van der Waals surface area contributed by atoms with Crippen molar-refractivity contribution in [2.75, 3.05) is 6.54 Å². The molecule has 19 heavy (non-hydrogen) atoms. The predicted molar refractivity (Wildman–Crippen MR) is 78.0 cm³/mol. The third-order valence-electron chi connectivity index (χ3n) is 3.16. The van der Waals surface area contributed by atoms with Crippen LogP contribution in [0.25, 0.3) is 0 Å². The molecule has 0 fully saturated rings. The third-order valence-corrected chi connectivity index (χ3v) is 3.16. The lowest BCUT2D eigenvalue weighted by atomic mass is 10.1. The summed E-state index contributed by atoms with van der Waals surface area (Å²) in [4.78, 5) is 14.9. The van der Waals surface area contributed by atoms with Gasteiger partial charge in [0.15, 0.2) is 0 Å². The van der Waals surface area contributed by atoms with Crippen LogP contribution in [0.15, 0.2) is 18.3 Å². The largest absolute Gasteiger partial charge is 0.364 e. The van der Waals surface area contributed by atoms with Crippen LogP contribution in [-0.4, -0.2) is 23.5 Å². The second kappa shape index (κ2) is 7.89. The van der Waals surface area contributed by atoms with E-state index in [2.05, 4.69) is 31.1 Å². The number of hydrogen-bond acceptors (Lipinski definition) is 3. The van der Waals surface area contributed by atoms with Gasteiger partial charge in [-0.1, -0.05) is 19.9 Å². The van der Waals surface area contributed by atoms with Gasteiger partial charge in [-0.05, 0) is 50.3 Å². The summed E-state index contributed by atoms with van der Waals surface area (Å²) in [7, 11) is 0. The van der Waals surface area contributed by atoms with Gasteiger partial charge in [-0.15, -0.1) is 0 Å².